The van der Waals surface area contributed by atoms with Crippen LogP contribution in [0.4, 0.5) is 0 Å². The molecule has 9 heavy (non-hydrogen) atoms. The maximum Gasteiger partial charge on any atom is 0.0937 e. The first kappa shape index (κ1) is 8.76. The van der Waals surface area contributed by atoms with Gasteiger partial charge in [-0.3, -0.25) is 5.41 Å². The van der Waals surface area contributed by atoms with Crippen molar-refractivity contribution in [2.45, 2.75) is 26.3 Å². The minimum atomic E-state index is 0. The molecule has 1 aliphatic heterocycles. The van der Waals surface area contributed by atoms with Crippen molar-refractivity contribution in [3.8, 4) is 0 Å². The van der Waals surface area contributed by atoms with E-state index in [1.807, 2.05) is 0 Å². The van der Waals surface area contributed by atoms with Gasteiger partial charge in [-0.2, -0.15) is 0 Å². The summed E-state index contributed by atoms with van der Waals surface area (Å²) in [6.45, 7) is 4.28. The van der Waals surface area contributed by atoms with Crippen molar-refractivity contribution in [2.75, 3.05) is 0 Å². The van der Waals surface area contributed by atoms with Gasteiger partial charge in [0.25, 0.3) is 0 Å². The lowest BCUT2D eigenvalue weighted by atomic mass is 10.1. The van der Waals surface area contributed by atoms with E-state index in [0.717, 1.165) is 6.42 Å². The molecule has 2 N–H and O–H groups in total. The Bertz CT molecular complexity index is 102. The number of amidine groups is 1. The molecule has 1 aliphatic rings. The van der Waals surface area contributed by atoms with Crippen LogP contribution in [0.1, 0.15) is 20.3 Å². The summed E-state index contributed by atoms with van der Waals surface area (Å²) in [7, 11) is 0. The highest BCUT2D eigenvalue weighted by atomic mass is 35.5. The molecule has 2 unspecified atom stereocenters. The zero-order valence-corrected chi connectivity index (χ0v) is 6.59. The largest absolute Gasteiger partial charge is 0.371 e. The predicted octanol–water partition coefficient (Wildman–Crippen LogP) is 1.40. The predicted molar refractivity (Wildman–Crippen MR) is 41.4 cm³/mol. The van der Waals surface area contributed by atoms with Gasteiger partial charge < -0.3 is 5.32 Å². The first-order valence-electron chi connectivity index (χ1n) is 3.04. The van der Waals surface area contributed by atoms with Gasteiger partial charge in [-0.25, -0.2) is 0 Å². The molecule has 2 nitrogen and oxygen atoms in total. The van der Waals surface area contributed by atoms with E-state index < -0.39 is 0 Å². The Kier molecular flexibility index (Phi) is 2.98. The first-order chi connectivity index (χ1) is 3.70. The van der Waals surface area contributed by atoms with Crippen LogP contribution in [0.25, 0.3) is 0 Å². The maximum absolute atomic E-state index is 7.20. The van der Waals surface area contributed by atoms with Gasteiger partial charge in [-0.15, -0.1) is 12.4 Å². The molecule has 0 spiro atoms. The zero-order chi connectivity index (χ0) is 6.15. The lowest BCUT2D eigenvalue weighted by Gasteiger charge is -2.05. The van der Waals surface area contributed by atoms with Crippen LogP contribution < -0.4 is 5.32 Å². The van der Waals surface area contributed by atoms with Crippen LogP contribution in [0.2, 0.25) is 0 Å². The summed E-state index contributed by atoms with van der Waals surface area (Å²) in [4.78, 5) is 0. The fourth-order valence-electron chi connectivity index (χ4n) is 0.975. The summed E-state index contributed by atoms with van der Waals surface area (Å²) in [5.74, 6) is 1.35. The van der Waals surface area contributed by atoms with E-state index in [1.54, 1.807) is 0 Å². The second-order valence-corrected chi connectivity index (χ2v) is 2.59. The van der Waals surface area contributed by atoms with Crippen LogP contribution in [0.15, 0.2) is 0 Å². The summed E-state index contributed by atoms with van der Waals surface area (Å²) in [5, 5.41) is 10.2. The maximum atomic E-state index is 7.20. The van der Waals surface area contributed by atoms with Gasteiger partial charge in [-0.05, 0) is 12.8 Å². The highest BCUT2D eigenvalue weighted by Gasteiger charge is 2.21. The van der Waals surface area contributed by atoms with Crippen LogP contribution in [0.3, 0.4) is 0 Å². The second-order valence-electron chi connectivity index (χ2n) is 2.59. The molecule has 0 aromatic carbocycles. The molecule has 2 atom stereocenters. The van der Waals surface area contributed by atoms with Gasteiger partial charge in [0.2, 0.25) is 0 Å². The minimum Gasteiger partial charge on any atom is -0.371 e. The smallest absolute Gasteiger partial charge is 0.0937 e. The van der Waals surface area contributed by atoms with E-state index >= 15 is 0 Å². The molecule has 0 aromatic rings. The normalized spacial score (nSPS) is 33.3. The second kappa shape index (κ2) is 3.06. The Morgan fingerprint density at radius 2 is 2.11 bits per heavy atom. The third-order valence-corrected chi connectivity index (χ3v) is 1.78. The van der Waals surface area contributed by atoms with E-state index in [0.29, 0.717) is 17.8 Å². The molecular formula is C6H13ClN2. The van der Waals surface area contributed by atoms with E-state index in [-0.39, 0.29) is 12.4 Å². The zero-order valence-electron chi connectivity index (χ0n) is 5.77. The Morgan fingerprint density at radius 3 is 2.22 bits per heavy atom. The summed E-state index contributed by atoms with van der Waals surface area (Å²) < 4.78 is 0. The number of hydrogen-bond donors (Lipinski definition) is 2. The molecule has 1 heterocycles. The monoisotopic (exact) mass is 148 g/mol. The quantitative estimate of drug-likeness (QED) is 0.536. The molecule has 0 bridgehead atoms. The van der Waals surface area contributed by atoms with E-state index in [1.165, 1.54) is 0 Å². The van der Waals surface area contributed by atoms with Crippen LogP contribution in [-0.2, 0) is 0 Å². The SMILES string of the molecule is CC1CC(=N)NC1C.Cl. The van der Waals surface area contributed by atoms with Gasteiger partial charge in [-0.1, -0.05) is 6.92 Å². The van der Waals surface area contributed by atoms with Crippen molar-refractivity contribution >= 4 is 18.2 Å². The fraction of sp³-hybridized carbons (Fsp3) is 0.833. The van der Waals surface area contributed by atoms with Gasteiger partial charge in [0.1, 0.15) is 0 Å². The minimum absolute atomic E-state index is 0. The number of halogens is 1. The molecule has 3 heteroatoms. The van der Waals surface area contributed by atoms with E-state index in [2.05, 4.69) is 19.2 Å². The third kappa shape index (κ3) is 1.86. The van der Waals surface area contributed by atoms with Crippen LogP contribution in [0.5, 0.6) is 0 Å². The van der Waals surface area contributed by atoms with Crippen LogP contribution in [0, 0.1) is 11.3 Å². The molecule has 1 fully saturated rings. The Balaban J connectivity index is 0.000000640. The van der Waals surface area contributed by atoms with Gasteiger partial charge >= 0.3 is 0 Å². The van der Waals surface area contributed by atoms with Crippen LogP contribution in [-0.4, -0.2) is 11.9 Å². The van der Waals surface area contributed by atoms with Crippen molar-refractivity contribution < 1.29 is 0 Å². The summed E-state index contributed by atoms with van der Waals surface area (Å²) >= 11 is 0. The number of nitrogens with one attached hydrogen (secondary N) is 2. The van der Waals surface area contributed by atoms with Gasteiger partial charge in [0.15, 0.2) is 0 Å². The lowest BCUT2D eigenvalue weighted by Crippen LogP contribution is -2.23. The van der Waals surface area contributed by atoms with E-state index in [4.69, 9.17) is 5.41 Å². The highest BCUT2D eigenvalue weighted by Crippen LogP contribution is 2.13. The number of rotatable bonds is 0. The van der Waals surface area contributed by atoms with Crippen molar-refractivity contribution in [1.29, 1.82) is 5.41 Å². The van der Waals surface area contributed by atoms with Crippen molar-refractivity contribution in [3.63, 3.8) is 0 Å². The van der Waals surface area contributed by atoms with Crippen molar-refractivity contribution in [3.05, 3.63) is 0 Å². The average molecular weight is 149 g/mol. The number of hydrogen-bond acceptors (Lipinski definition) is 1. The molecule has 0 aromatic heterocycles. The molecule has 0 amide bonds. The molecule has 1 saturated heterocycles. The molecule has 0 aliphatic carbocycles. The highest BCUT2D eigenvalue weighted by molar-refractivity contribution is 5.85. The lowest BCUT2D eigenvalue weighted by molar-refractivity contribution is 0.520. The van der Waals surface area contributed by atoms with Gasteiger partial charge in [0, 0.05) is 12.5 Å². The topological polar surface area (TPSA) is 35.9 Å². The Morgan fingerprint density at radius 1 is 1.56 bits per heavy atom. The first-order valence-corrected chi connectivity index (χ1v) is 3.04. The molecular weight excluding hydrogens is 136 g/mol. The summed E-state index contributed by atoms with van der Waals surface area (Å²) in [6.07, 6.45) is 0.932. The third-order valence-electron chi connectivity index (χ3n) is 1.78. The molecule has 1 rings (SSSR count). The van der Waals surface area contributed by atoms with E-state index in [9.17, 15) is 0 Å². The Labute approximate surface area is 61.9 Å². The standard InChI is InChI=1S/C6H12N2.ClH/c1-4-3-6(7)8-5(4)2;/h4-5H,3H2,1-2H3,(H2,7,8);1H. The van der Waals surface area contributed by atoms with Crippen molar-refractivity contribution in [2.24, 2.45) is 5.92 Å². The van der Waals surface area contributed by atoms with Crippen LogP contribution >= 0.6 is 12.4 Å². The fourth-order valence-corrected chi connectivity index (χ4v) is 0.975. The van der Waals surface area contributed by atoms with Crippen molar-refractivity contribution in [1.82, 2.24) is 5.32 Å². The molecule has 54 valence electrons. The Hall–Kier alpha value is -0.240. The molecule has 0 radical (unpaired) electrons. The van der Waals surface area contributed by atoms with Gasteiger partial charge in [0.05, 0.1) is 5.84 Å². The molecule has 0 saturated carbocycles. The summed E-state index contributed by atoms with van der Waals surface area (Å²) in [5.41, 5.74) is 0. The summed E-state index contributed by atoms with van der Waals surface area (Å²) in [6, 6.07) is 0.516. The average Bonchev–Trinajstić information content (AvgIpc) is 1.85.